The molecule has 2 aromatic heterocycles. The predicted octanol–water partition coefficient (Wildman–Crippen LogP) is 5.60. The Hall–Kier alpha value is -4.12. The average Bonchev–Trinajstić information content (AvgIpc) is 2.79. The van der Waals surface area contributed by atoms with Gasteiger partial charge in [0.15, 0.2) is 0 Å². The summed E-state index contributed by atoms with van der Waals surface area (Å²) in [5, 5.41) is 6.48. The molecule has 0 radical (unpaired) electrons. The molecule has 1 N–H and O–H groups in total. The largest absolute Gasteiger partial charge is 0.256 e. The highest BCUT2D eigenvalue weighted by molar-refractivity contribution is 5.97. The number of nitrogens with zero attached hydrogens (tertiary/aromatic N) is 4. The van der Waals surface area contributed by atoms with Gasteiger partial charge in [0.05, 0.1) is 22.9 Å². The summed E-state index contributed by atoms with van der Waals surface area (Å²) in [6, 6.07) is 26.3. The summed E-state index contributed by atoms with van der Waals surface area (Å²) in [5.41, 5.74) is 8.80. The van der Waals surface area contributed by atoms with E-state index in [-0.39, 0.29) is 0 Å². The SMILES string of the molecule is Cc1ccc2nc(N/N=C\c3cccc4cccnc34)nc(-c3ccccc3)c2c1. The monoisotopic (exact) mass is 389 g/mol. The van der Waals surface area contributed by atoms with Gasteiger partial charge in [0.2, 0.25) is 5.95 Å². The third kappa shape index (κ3) is 3.49. The van der Waals surface area contributed by atoms with Gasteiger partial charge in [-0.05, 0) is 25.1 Å². The maximum Gasteiger partial charge on any atom is 0.244 e. The van der Waals surface area contributed by atoms with Crippen molar-refractivity contribution in [2.45, 2.75) is 6.92 Å². The number of fused-ring (bicyclic) bond motifs is 2. The Balaban J connectivity index is 1.53. The Morgan fingerprint density at radius 2 is 1.73 bits per heavy atom. The molecular formula is C25H19N5. The molecule has 2 heterocycles. The summed E-state index contributed by atoms with van der Waals surface area (Å²) in [6.45, 7) is 2.07. The van der Waals surface area contributed by atoms with Gasteiger partial charge >= 0.3 is 0 Å². The van der Waals surface area contributed by atoms with Gasteiger partial charge in [0, 0.05) is 28.1 Å². The molecule has 5 heteroatoms. The molecule has 0 spiro atoms. The first kappa shape index (κ1) is 17.9. The molecular weight excluding hydrogens is 370 g/mol. The summed E-state index contributed by atoms with van der Waals surface area (Å²) in [5.74, 6) is 0.453. The van der Waals surface area contributed by atoms with Crippen LogP contribution in [-0.2, 0) is 0 Å². The van der Waals surface area contributed by atoms with Crippen LogP contribution < -0.4 is 5.43 Å². The Morgan fingerprint density at radius 1 is 0.867 bits per heavy atom. The van der Waals surface area contributed by atoms with E-state index in [4.69, 9.17) is 4.98 Å². The van der Waals surface area contributed by atoms with Crippen molar-refractivity contribution in [1.29, 1.82) is 0 Å². The van der Waals surface area contributed by atoms with Gasteiger partial charge in [-0.3, -0.25) is 4.98 Å². The molecule has 0 aliphatic heterocycles. The highest BCUT2D eigenvalue weighted by atomic mass is 15.3. The van der Waals surface area contributed by atoms with Crippen molar-refractivity contribution in [1.82, 2.24) is 15.0 Å². The Bertz CT molecular complexity index is 1370. The number of hydrazone groups is 1. The lowest BCUT2D eigenvalue weighted by molar-refractivity contribution is 1.15. The molecule has 0 atom stereocenters. The van der Waals surface area contributed by atoms with Gasteiger partial charge in [0.1, 0.15) is 0 Å². The number of pyridine rings is 1. The number of aryl methyl sites for hydroxylation is 1. The number of aromatic nitrogens is 3. The van der Waals surface area contributed by atoms with E-state index in [1.165, 1.54) is 5.56 Å². The summed E-state index contributed by atoms with van der Waals surface area (Å²) < 4.78 is 0. The molecule has 30 heavy (non-hydrogen) atoms. The van der Waals surface area contributed by atoms with E-state index in [0.29, 0.717) is 5.95 Å². The highest BCUT2D eigenvalue weighted by Gasteiger charge is 2.10. The van der Waals surface area contributed by atoms with Gasteiger partial charge < -0.3 is 0 Å². The van der Waals surface area contributed by atoms with Crippen LogP contribution in [0.25, 0.3) is 33.1 Å². The van der Waals surface area contributed by atoms with E-state index in [1.807, 2.05) is 54.6 Å². The van der Waals surface area contributed by atoms with E-state index in [9.17, 15) is 0 Å². The molecule has 0 aliphatic rings. The van der Waals surface area contributed by atoms with Crippen LogP contribution in [0.15, 0.2) is 90.2 Å². The minimum absolute atomic E-state index is 0.453. The van der Waals surface area contributed by atoms with Crippen LogP contribution in [0.4, 0.5) is 5.95 Å². The number of rotatable bonds is 4. The zero-order valence-electron chi connectivity index (χ0n) is 16.4. The third-order valence-electron chi connectivity index (χ3n) is 4.93. The van der Waals surface area contributed by atoms with Crippen molar-refractivity contribution in [3.05, 3.63) is 96.2 Å². The van der Waals surface area contributed by atoms with Crippen LogP contribution in [0, 0.1) is 6.92 Å². The van der Waals surface area contributed by atoms with Crippen molar-refractivity contribution in [2.24, 2.45) is 5.10 Å². The Kier molecular flexibility index (Phi) is 4.62. The lowest BCUT2D eigenvalue weighted by Gasteiger charge is -2.09. The van der Waals surface area contributed by atoms with E-state index < -0.39 is 0 Å². The fraction of sp³-hybridized carbons (Fsp3) is 0.0400. The summed E-state index contributed by atoms with van der Waals surface area (Å²) in [6.07, 6.45) is 3.54. The van der Waals surface area contributed by atoms with Crippen LogP contribution in [0.5, 0.6) is 0 Å². The maximum absolute atomic E-state index is 4.75. The number of nitrogens with one attached hydrogen (secondary N) is 1. The minimum Gasteiger partial charge on any atom is -0.256 e. The molecule has 0 saturated carbocycles. The summed E-state index contributed by atoms with van der Waals surface area (Å²) >= 11 is 0. The number of hydrogen-bond acceptors (Lipinski definition) is 5. The minimum atomic E-state index is 0.453. The molecule has 0 unspecified atom stereocenters. The van der Waals surface area contributed by atoms with Gasteiger partial charge in [-0.25, -0.2) is 15.4 Å². The molecule has 0 saturated heterocycles. The Morgan fingerprint density at radius 3 is 2.63 bits per heavy atom. The van der Waals surface area contributed by atoms with Gasteiger partial charge in [-0.15, -0.1) is 0 Å². The fourth-order valence-electron chi connectivity index (χ4n) is 3.50. The normalized spacial score (nSPS) is 11.4. The van der Waals surface area contributed by atoms with Crippen molar-refractivity contribution in [3.63, 3.8) is 0 Å². The number of benzene rings is 3. The highest BCUT2D eigenvalue weighted by Crippen LogP contribution is 2.28. The van der Waals surface area contributed by atoms with E-state index in [2.05, 4.69) is 51.7 Å². The first-order chi connectivity index (χ1) is 14.8. The van der Waals surface area contributed by atoms with Crippen LogP contribution >= 0.6 is 0 Å². The van der Waals surface area contributed by atoms with Crippen molar-refractivity contribution < 1.29 is 0 Å². The second-order valence-corrected chi connectivity index (χ2v) is 7.07. The standard InChI is InChI=1S/C25H19N5/c1-17-12-13-22-21(15-17)24(19-7-3-2-4-8-19)29-25(28-22)30-27-16-20-10-5-9-18-11-6-14-26-23(18)20/h2-16H,1H3,(H,28,29,30)/b27-16-. The van der Waals surface area contributed by atoms with Gasteiger partial charge in [-0.2, -0.15) is 5.10 Å². The topological polar surface area (TPSA) is 63.1 Å². The van der Waals surface area contributed by atoms with Crippen molar-refractivity contribution in [2.75, 3.05) is 5.43 Å². The quantitative estimate of drug-likeness (QED) is 0.321. The third-order valence-corrected chi connectivity index (χ3v) is 4.93. The molecule has 0 fully saturated rings. The van der Waals surface area contributed by atoms with Crippen LogP contribution in [-0.4, -0.2) is 21.2 Å². The molecule has 5 aromatic rings. The lowest BCUT2D eigenvalue weighted by atomic mass is 10.0. The Labute approximate surface area is 174 Å². The second kappa shape index (κ2) is 7.72. The number of hydrogen-bond donors (Lipinski definition) is 1. The van der Waals surface area contributed by atoms with Crippen molar-refractivity contribution >= 4 is 34.0 Å². The lowest BCUT2D eigenvalue weighted by Crippen LogP contribution is -2.00. The second-order valence-electron chi connectivity index (χ2n) is 7.07. The maximum atomic E-state index is 4.75. The molecule has 0 aliphatic carbocycles. The van der Waals surface area contributed by atoms with Crippen LogP contribution in [0.1, 0.15) is 11.1 Å². The van der Waals surface area contributed by atoms with Crippen LogP contribution in [0.2, 0.25) is 0 Å². The molecule has 144 valence electrons. The zero-order valence-corrected chi connectivity index (χ0v) is 16.4. The summed E-state index contributed by atoms with van der Waals surface area (Å²) in [4.78, 5) is 13.9. The fourth-order valence-corrected chi connectivity index (χ4v) is 3.50. The molecule has 5 rings (SSSR count). The first-order valence-corrected chi connectivity index (χ1v) is 9.74. The number of anilines is 1. The van der Waals surface area contributed by atoms with Crippen molar-refractivity contribution in [3.8, 4) is 11.3 Å². The molecule has 0 amide bonds. The van der Waals surface area contributed by atoms with E-state index in [0.717, 1.165) is 38.6 Å². The van der Waals surface area contributed by atoms with E-state index in [1.54, 1.807) is 12.4 Å². The predicted molar refractivity (Wildman–Crippen MR) is 123 cm³/mol. The first-order valence-electron chi connectivity index (χ1n) is 9.74. The number of para-hydroxylation sites is 1. The zero-order chi connectivity index (χ0) is 20.3. The molecule has 0 bridgehead atoms. The molecule has 5 nitrogen and oxygen atoms in total. The van der Waals surface area contributed by atoms with Crippen LogP contribution in [0.3, 0.4) is 0 Å². The smallest absolute Gasteiger partial charge is 0.244 e. The average molecular weight is 389 g/mol. The summed E-state index contributed by atoms with van der Waals surface area (Å²) in [7, 11) is 0. The van der Waals surface area contributed by atoms with E-state index >= 15 is 0 Å². The van der Waals surface area contributed by atoms with Gasteiger partial charge in [-0.1, -0.05) is 66.2 Å². The van der Waals surface area contributed by atoms with Gasteiger partial charge in [0.25, 0.3) is 0 Å². The molecule has 3 aromatic carbocycles.